The molecule has 0 heteroatoms. The second-order valence-electron chi connectivity index (χ2n) is 13.2. The van der Waals surface area contributed by atoms with Crippen LogP contribution in [0.1, 0.15) is 0 Å². The molecule has 0 saturated carbocycles. The Labute approximate surface area is 291 Å². The highest BCUT2D eigenvalue weighted by Gasteiger charge is 2.20. The summed E-state index contributed by atoms with van der Waals surface area (Å²) >= 11 is 0. The van der Waals surface area contributed by atoms with Gasteiger partial charge in [-0.05, 0) is 104 Å². The van der Waals surface area contributed by atoms with Gasteiger partial charge in [-0.15, -0.1) is 0 Å². The van der Waals surface area contributed by atoms with Crippen molar-refractivity contribution in [3.63, 3.8) is 0 Å². The van der Waals surface area contributed by atoms with Crippen LogP contribution in [0.2, 0.25) is 0 Å². The van der Waals surface area contributed by atoms with Crippen LogP contribution >= 0.6 is 0 Å². The molecule has 0 atom stereocenters. The van der Waals surface area contributed by atoms with Gasteiger partial charge in [-0.3, -0.25) is 0 Å². The maximum Gasteiger partial charge on any atom is -0.00199 e. The van der Waals surface area contributed by atoms with Gasteiger partial charge in [0.05, 0.1) is 0 Å². The van der Waals surface area contributed by atoms with E-state index in [9.17, 15) is 0 Å². The molecule has 0 aliphatic carbocycles. The largest absolute Gasteiger partial charge is 0.0622 e. The van der Waals surface area contributed by atoms with Crippen molar-refractivity contribution < 1.29 is 0 Å². The Morgan fingerprint density at radius 2 is 0.680 bits per heavy atom. The monoisotopic (exact) mass is 632 g/mol. The SMILES string of the molecule is c1ccc(-c2cccc(-c3ccc(-c4c5ccccc5c(-c5cccc6ccc7ccccc7c56)c5ccccc45)c4ccccc34)c2)cc1. The first-order chi connectivity index (χ1) is 24.8. The molecule has 0 aromatic heterocycles. The molecule has 0 bridgehead atoms. The molecule has 0 radical (unpaired) electrons. The molecular weight excluding hydrogens is 601 g/mol. The van der Waals surface area contributed by atoms with E-state index in [1.165, 1.54) is 98.4 Å². The minimum atomic E-state index is 1.22. The summed E-state index contributed by atoms with van der Waals surface area (Å²) in [5, 5.41) is 12.7. The minimum absolute atomic E-state index is 1.22. The second-order valence-corrected chi connectivity index (χ2v) is 13.2. The molecule has 50 heavy (non-hydrogen) atoms. The third kappa shape index (κ3) is 4.46. The van der Waals surface area contributed by atoms with Crippen LogP contribution in [0.25, 0.3) is 98.4 Å². The lowest BCUT2D eigenvalue weighted by Crippen LogP contribution is -1.93. The van der Waals surface area contributed by atoms with Crippen molar-refractivity contribution in [1.82, 2.24) is 0 Å². The zero-order valence-corrected chi connectivity index (χ0v) is 27.5. The normalized spacial score (nSPS) is 11.6. The van der Waals surface area contributed by atoms with Crippen LogP contribution in [0.15, 0.2) is 194 Å². The molecule has 0 nitrogen and oxygen atoms in total. The van der Waals surface area contributed by atoms with Crippen LogP contribution in [0.4, 0.5) is 0 Å². The highest BCUT2D eigenvalue weighted by Crippen LogP contribution is 2.48. The Hall–Kier alpha value is -6.50. The fourth-order valence-corrected chi connectivity index (χ4v) is 8.24. The summed E-state index contributed by atoms with van der Waals surface area (Å²) in [6.07, 6.45) is 0. The molecule has 0 amide bonds. The highest BCUT2D eigenvalue weighted by atomic mass is 14.2. The first-order valence-electron chi connectivity index (χ1n) is 17.4. The number of hydrogen-bond donors (Lipinski definition) is 0. The summed E-state index contributed by atoms with van der Waals surface area (Å²) in [6.45, 7) is 0. The molecule has 0 aliphatic heterocycles. The average molecular weight is 633 g/mol. The molecule has 0 N–H and O–H groups in total. The van der Waals surface area contributed by atoms with Gasteiger partial charge in [-0.1, -0.05) is 188 Å². The molecule has 0 saturated heterocycles. The number of hydrogen-bond acceptors (Lipinski definition) is 0. The van der Waals surface area contributed by atoms with E-state index in [1.807, 2.05) is 0 Å². The molecule has 232 valence electrons. The quantitative estimate of drug-likeness (QED) is 0.134. The van der Waals surface area contributed by atoms with E-state index in [2.05, 4.69) is 194 Å². The molecule has 0 heterocycles. The van der Waals surface area contributed by atoms with Crippen molar-refractivity contribution in [3.05, 3.63) is 194 Å². The molecule has 0 spiro atoms. The zero-order chi connectivity index (χ0) is 33.0. The minimum Gasteiger partial charge on any atom is -0.0622 e. The third-order valence-electron chi connectivity index (χ3n) is 10.4. The fourth-order valence-electron chi connectivity index (χ4n) is 8.24. The summed E-state index contributed by atoms with van der Waals surface area (Å²) < 4.78 is 0. The first kappa shape index (κ1) is 28.5. The van der Waals surface area contributed by atoms with Crippen molar-refractivity contribution in [2.75, 3.05) is 0 Å². The van der Waals surface area contributed by atoms with Gasteiger partial charge in [0.2, 0.25) is 0 Å². The lowest BCUT2D eigenvalue weighted by atomic mass is 9.82. The molecule has 0 aliphatic rings. The Morgan fingerprint density at radius 3 is 1.38 bits per heavy atom. The van der Waals surface area contributed by atoms with E-state index in [1.54, 1.807) is 0 Å². The van der Waals surface area contributed by atoms with E-state index < -0.39 is 0 Å². The summed E-state index contributed by atoms with van der Waals surface area (Å²) in [5.74, 6) is 0. The first-order valence-corrected chi connectivity index (χ1v) is 17.4. The predicted molar refractivity (Wildman–Crippen MR) is 216 cm³/mol. The number of rotatable bonds is 4. The van der Waals surface area contributed by atoms with Crippen molar-refractivity contribution in [3.8, 4) is 44.5 Å². The fraction of sp³-hybridized carbons (Fsp3) is 0. The van der Waals surface area contributed by atoms with Crippen LogP contribution in [0, 0.1) is 0 Å². The maximum absolute atomic E-state index is 2.35. The van der Waals surface area contributed by atoms with Gasteiger partial charge in [-0.2, -0.15) is 0 Å². The standard InChI is InChI=1S/C50H32/c1-2-14-33(15-3-1)36-18-12-19-37(32-36)38-30-31-46(41-22-7-6-21-40(38)41)49-42-23-8-10-25-44(42)50(45-26-11-9-24-43(45)49)47-27-13-17-35-29-28-34-16-4-5-20-39(34)48(35)47/h1-32H. The molecule has 10 rings (SSSR count). The number of fused-ring (bicyclic) bond motifs is 6. The number of benzene rings is 10. The lowest BCUT2D eigenvalue weighted by molar-refractivity contribution is 1.60. The summed E-state index contributed by atoms with van der Waals surface area (Å²) in [7, 11) is 0. The van der Waals surface area contributed by atoms with E-state index in [4.69, 9.17) is 0 Å². The van der Waals surface area contributed by atoms with E-state index in [0.29, 0.717) is 0 Å². The summed E-state index contributed by atoms with van der Waals surface area (Å²) in [5.41, 5.74) is 10.0. The van der Waals surface area contributed by atoms with Gasteiger partial charge in [0.1, 0.15) is 0 Å². The van der Waals surface area contributed by atoms with Crippen LogP contribution in [-0.4, -0.2) is 0 Å². The maximum atomic E-state index is 2.35. The highest BCUT2D eigenvalue weighted by molar-refractivity contribution is 6.27. The molecular formula is C50H32. The van der Waals surface area contributed by atoms with Crippen LogP contribution < -0.4 is 0 Å². The zero-order valence-electron chi connectivity index (χ0n) is 27.5. The molecule has 0 unspecified atom stereocenters. The molecule has 10 aromatic carbocycles. The topological polar surface area (TPSA) is 0 Å². The summed E-state index contributed by atoms with van der Waals surface area (Å²) in [6, 6.07) is 71.3. The average Bonchev–Trinajstić information content (AvgIpc) is 3.20. The second kappa shape index (κ2) is 11.6. The van der Waals surface area contributed by atoms with Gasteiger partial charge >= 0.3 is 0 Å². The third-order valence-corrected chi connectivity index (χ3v) is 10.4. The van der Waals surface area contributed by atoms with Crippen molar-refractivity contribution in [2.24, 2.45) is 0 Å². The van der Waals surface area contributed by atoms with Crippen LogP contribution in [0.5, 0.6) is 0 Å². The van der Waals surface area contributed by atoms with Gasteiger partial charge in [0, 0.05) is 0 Å². The van der Waals surface area contributed by atoms with E-state index >= 15 is 0 Å². The van der Waals surface area contributed by atoms with Gasteiger partial charge < -0.3 is 0 Å². The Kier molecular flexibility index (Phi) is 6.60. The van der Waals surface area contributed by atoms with Crippen molar-refractivity contribution in [1.29, 1.82) is 0 Å². The lowest BCUT2D eigenvalue weighted by Gasteiger charge is -2.21. The van der Waals surface area contributed by atoms with Crippen LogP contribution in [-0.2, 0) is 0 Å². The Balaban J connectivity index is 1.26. The molecule has 10 aromatic rings. The predicted octanol–water partition coefficient (Wildman–Crippen LogP) is 14.1. The van der Waals surface area contributed by atoms with Gasteiger partial charge in [0.25, 0.3) is 0 Å². The van der Waals surface area contributed by atoms with Crippen molar-refractivity contribution >= 4 is 53.9 Å². The smallest absolute Gasteiger partial charge is 0.00199 e. The van der Waals surface area contributed by atoms with Crippen LogP contribution in [0.3, 0.4) is 0 Å². The van der Waals surface area contributed by atoms with Gasteiger partial charge in [0.15, 0.2) is 0 Å². The van der Waals surface area contributed by atoms with Gasteiger partial charge in [-0.25, -0.2) is 0 Å². The Bertz CT molecular complexity index is 2860. The van der Waals surface area contributed by atoms with Crippen molar-refractivity contribution in [2.45, 2.75) is 0 Å². The van der Waals surface area contributed by atoms with E-state index in [-0.39, 0.29) is 0 Å². The Morgan fingerprint density at radius 1 is 0.220 bits per heavy atom. The summed E-state index contributed by atoms with van der Waals surface area (Å²) in [4.78, 5) is 0. The molecule has 0 fully saturated rings. The van der Waals surface area contributed by atoms with E-state index in [0.717, 1.165) is 0 Å².